The Kier molecular flexibility index (Phi) is 7.95. The molecule has 1 saturated heterocycles. The van der Waals surface area contributed by atoms with Crippen LogP contribution in [0.15, 0.2) is 6.07 Å². The lowest BCUT2D eigenvalue weighted by Gasteiger charge is -2.60. The number of phenols is 2. The van der Waals surface area contributed by atoms with E-state index in [4.69, 9.17) is 14.2 Å². The Balaban J connectivity index is 1.48. The standard InChI is InChI=1S/C33H41N5O7/c1-7-8-24(39)36-17(4)33(42)35-13-23-26-19(28(40)16(3)31-32(26)45-14-44-31)11-21-27-25-18(9-15(2)30(43-6)29(25)41)10-20(37(27)5)22(12-34)38(21)23/h9,17,20-23,27,40-41H,7-8,10-11,13-14H2,1-6H3,(H,35,42)(H,36,39)/t17-,20-,21?,22-,23-,27?/m0/s1. The molecule has 2 aromatic carbocycles. The molecule has 0 radical (unpaired) electrons. The van der Waals surface area contributed by atoms with Gasteiger partial charge in [0, 0.05) is 47.3 Å². The van der Waals surface area contributed by atoms with Gasteiger partial charge in [-0.1, -0.05) is 13.0 Å². The molecule has 2 unspecified atom stereocenters. The van der Waals surface area contributed by atoms with Crippen LogP contribution >= 0.6 is 0 Å². The van der Waals surface area contributed by atoms with Gasteiger partial charge in [0.25, 0.3) is 0 Å². The van der Waals surface area contributed by atoms with Crippen LogP contribution in [0.25, 0.3) is 0 Å². The number of carbonyl (C=O) groups excluding carboxylic acids is 2. The number of hydrogen-bond donors (Lipinski definition) is 4. The SMILES string of the molecule is CCCC(=O)N[C@@H](C)C(=O)NC[C@H]1c2c(c(O)c(C)c3c2OCO3)CC2C3c4c(cc(C)c(OC)c4O)C[C@@H]([C@H](C#N)N21)N3C. The van der Waals surface area contributed by atoms with E-state index in [1.54, 1.807) is 13.8 Å². The van der Waals surface area contributed by atoms with Crippen LogP contribution in [-0.2, 0) is 22.4 Å². The smallest absolute Gasteiger partial charge is 0.242 e. The van der Waals surface area contributed by atoms with Gasteiger partial charge in [0.15, 0.2) is 23.0 Å². The number of likely N-dealkylation sites (N-methyl/N-ethyl adjacent to an activating group) is 1. The lowest BCUT2D eigenvalue weighted by atomic mass is 9.71. The number of piperazine rings is 1. The predicted octanol–water partition coefficient (Wildman–Crippen LogP) is 2.64. The number of benzene rings is 2. The molecule has 12 nitrogen and oxygen atoms in total. The zero-order chi connectivity index (χ0) is 32.3. The van der Waals surface area contributed by atoms with Gasteiger partial charge in [-0.3, -0.25) is 19.4 Å². The third-order valence-corrected chi connectivity index (χ3v) is 10.0. The van der Waals surface area contributed by atoms with Gasteiger partial charge >= 0.3 is 0 Å². The summed E-state index contributed by atoms with van der Waals surface area (Å²) in [7, 11) is 3.51. The van der Waals surface area contributed by atoms with Gasteiger partial charge in [-0.15, -0.1) is 0 Å². The van der Waals surface area contributed by atoms with Crippen LogP contribution in [0.1, 0.15) is 72.2 Å². The summed E-state index contributed by atoms with van der Waals surface area (Å²) >= 11 is 0. The third-order valence-electron chi connectivity index (χ3n) is 10.0. The zero-order valence-corrected chi connectivity index (χ0v) is 26.6. The molecule has 4 N–H and O–H groups in total. The lowest BCUT2D eigenvalue weighted by Crippen LogP contribution is -2.68. The van der Waals surface area contributed by atoms with Crippen molar-refractivity contribution in [3.8, 4) is 34.8 Å². The number of amides is 2. The number of nitrogens with zero attached hydrogens (tertiary/aromatic N) is 3. The number of nitriles is 1. The van der Waals surface area contributed by atoms with Gasteiger partial charge in [-0.25, -0.2) is 0 Å². The van der Waals surface area contributed by atoms with E-state index in [2.05, 4.69) is 26.5 Å². The van der Waals surface area contributed by atoms with Crippen LogP contribution in [0, 0.1) is 25.2 Å². The summed E-state index contributed by atoms with van der Waals surface area (Å²) < 4.78 is 17.4. The fourth-order valence-corrected chi connectivity index (χ4v) is 8.00. The van der Waals surface area contributed by atoms with Crippen molar-refractivity contribution in [2.24, 2.45) is 0 Å². The summed E-state index contributed by atoms with van der Waals surface area (Å²) in [6, 6.07) is 1.74. The summed E-state index contributed by atoms with van der Waals surface area (Å²) in [6.45, 7) is 7.29. The molecule has 2 bridgehead atoms. The van der Waals surface area contributed by atoms with Gasteiger partial charge < -0.3 is 35.1 Å². The van der Waals surface area contributed by atoms with Crippen molar-refractivity contribution in [1.29, 1.82) is 5.26 Å². The second-order valence-corrected chi connectivity index (χ2v) is 12.6. The second kappa shape index (κ2) is 11.6. The Bertz CT molecular complexity index is 1600. The molecule has 4 aliphatic heterocycles. The van der Waals surface area contributed by atoms with Crippen molar-refractivity contribution in [2.45, 2.75) is 89.6 Å². The van der Waals surface area contributed by atoms with Crippen LogP contribution in [0.4, 0.5) is 0 Å². The monoisotopic (exact) mass is 619 g/mol. The average Bonchev–Trinajstić information content (AvgIpc) is 3.49. The van der Waals surface area contributed by atoms with Crippen LogP contribution < -0.4 is 24.8 Å². The molecule has 1 fully saturated rings. The quantitative estimate of drug-likeness (QED) is 0.363. The minimum absolute atomic E-state index is 0.00880. The highest BCUT2D eigenvalue weighted by molar-refractivity contribution is 5.87. The van der Waals surface area contributed by atoms with Gasteiger partial charge in [0.2, 0.25) is 18.6 Å². The molecule has 0 aliphatic carbocycles. The number of carbonyl (C=O) groups is 2. The third kappa shape index (κ3) is 4.71. The fourth-order valence-electron chi connectivity index (χ4n) is 8.00. The molecule has 2 amide bonds. The Labute approximate surface area is 262 Å². The summed E-state index contributed by atoms with van der Waals surface area (Å²) in [5.74, 6) is 0.973. The largest absolute Gasteiger partial charge is 0.507 e. The van der Waals surface area contributed by atoms with Crippen LogP contribution in [0.5, 0.6) is 28.7 Å². The van der Waals surface area contributed by atoms with Gasteiger partial charge in [-0.2, -0.15) is 5.26 Å². The van der Waals surface area contributed by atoms with Gasteiger partial charge in [0.1, 0.15) is 17.8 Å². The molecular weight excluding hydrogens is 578 g/mol. The Morgan fingerprint density at radius 2 is 1.89 bits per heavy atom. The minimum atomic E-state index is -0.766. The Morgan fingerprint density at radius 1 is 1.16 bits per heavy atom. The molecule has 2 aromatic rings. The molecule has 6 rings (SSSR count). The molecule has 6 atom stereocenters. The van der Waals surface area contributed by atoms with Crippen molar-refractivity contribution in [2.75, 3.05) is 27.5 Å². The van der Waals surface area contributed by atoms with Crippen molar-refractivity contribution in [3.63, 3.8) is 0 Å². The number of ether oxygens (including phenoxy) is 3. The topological polar surface area (TPSA) is 157 Å². The van der Waals surface area contributed by atoms with Crippen molar-refractivity contribution >= 4 is 11.8 Å². The fraction of sp³-hybridized carbons (Fsp3) is 0.545. The van der Waals surface area contributed by atoms with Crippen LogP contribution in [0.3, 0.4) is 0 Å². The van der Waals surface area contributed by atoms with Crippen molar-refractivity contribution in [3.05, 3.63) is 39.4 Å². The highest BCUT2D eigenvalue weighted by Crippen LogP contribution is 2.58. The molecule has 0 spiro atoms. The van der Waals surface area contributed by atoms with Crippen molar-refractivity contribution in [1.82, 2.24) is 20.4 Å². The van der Waals surface area contributed by atoms with E-state index in [9.17, 15) is 25.1 Å². The molecule has 0 aromatic heterocycles. The normalized spacial score (nSPS) is 25.3. The lowest BCUT2D eigenvalue weighted by molar-refractivity contribution is -0.129. The molecular formula is C33H41N5O7. The number of nitrogens with one attached hydrogen (secondary N) is 2. The summed E-state index contributed by atoms with van der Waals surface area (Å²) in [5.41, 5.74) is 4.44. The first-order valence-electron chi connectivity index (χ1n) is 15.5. The van der Waals surface area contributed by atoms with Gasteiger partial charge in [0.05, 0.1) is 25.3 Å². The number of aryl methyl sites for hydroxylation is 1. The summed E-state index contributed by atoms with van der Waals surface area (Å²) in [5, 5.41) is 39.7. The molecule has 4 heterocycles. The van der Waals surface area contributed by atoms with E-state index in [-0.39, 0.29) is 54.8 Å². The maximum absolute atomic E-state index is 13.3. The Hall–Kier alpha value is -4.21. The predicted molar refractivity (Wildman–Crippen MR) is 163 cm³/mol. The summed E-state index contributed by atoms with van der Waals surface area (Å²) in [4.78, 5) is 29.8. The van der Waals surface area contributed by atoms with E-state index in [1.807, 2.05) is 27.0 Å². The number of fused-ring (bicyclic) bond motifs is 9. The highest BCUT2D eigenvalue weighted by atomic mass is 16.7. The average molecular weight is 620 g/mol. The first-order chi connectivity index (χ1) is 21.5. The summed E-state index contributed by atoms with van der Waals surface area (Å²) in [6.07, 6.45) is 1.89. The Morgan fingerprint density at radius 3 is 2.58 bits per heavy atom. The number of rotatable bonds is 7. The molecule has 0 saturated carbocycles. The maximum atomic E-state index is 13.3. The minimum Gasteiger partial charge on any atom is -0.507 e. The van der Waals surface area contributed by atoms with E-state index in [0.29, 0.717) is 59.6 Å². The molecule has 240 valence electrons. The van der Waals surface area contributed by atoms with Crippen molar-refractivity contribution < 1.29 is 34.0 Å². The number of phenolic OH excluding ortho intramolecular Hbond substituents is 2. The second-order valence-electron chi connectivity index (χ2n) is 12.6. The van der Waals surface area contributed by atoms with Crippen LogP contribution in [0.2, 0.25) is 0 Å². The molecule has 4 aliphatic rings. The van der Waals surface area contributed by atoms with E-state index >= 15 is 0 Å². The number of aromatic hydroxyl groups is 2. The van der Waals surface area contributed by atoms with E-state index < -0.39 is 18.1 Å². The van der Waals surface area contributed by atoms with E-state index in [0.717, 1.165) is 16.7 Å². The van der Waals surface area contributed by atoms with Gasteiger partial charge in [-0.05, 0) is 58.2 Å². The highest BCUT2D eigenvalue weighted by Gasteiger charge is 2.56. The number of methoxy groups -OCH3 is 1. The van der Waals surface area contributed by atoms with E-state index in [1.165, 1.54) is 7.11 Å². The molecule has 45 heavy (non-hydrogen) atoms. The first kappa shape index (κ1) is 30.8. The maximum Gasteiger partial charge on any atom is 0.242 e. The number of hydrogen-bond acceptors (Lipinski definition) is 10. The zero-order valence-electron chi connectivity index (χ0n) is 26.6. The molecule has 12 heteroatoms. The first-order valence-corrected chi connectivity index (χ1v) is 15.5. The van der Waals surface area contributed by atoms with Crippen LogP contribution in [-0.4, -0.2) is 83.5 Å².